The maximum atomic E-state index is 6.20. The predicted molar refractivity (Wildman–Crippen MR) is 213 cm³/mol. The Balaban J connectivity index is 1.00. The van der Waals surface area contributed by atoms with Crippen LogP contribution in [0.3, 0.4) is 0 Å². The van der Waals surface area contributed by atoms with Gasteiger partial charge in [-0.2, -0.15) is 0 Å². The third-order valence-electron chi connectivity index (χ3n) is 9.64. The van der Waals surface area contributed by atoms with Gasteiger partial charge in [0.15, 0.2) is 17.5 Å². The minimum atomic E-state index is 0.613. The lowest BCUT2D eigenvalue weighted by atomic mass is 9.96. The van der Waals surface area contributed by atoms with Gasteiger partial charge in [0.2, 0.25) is 5.71 Å². The van der Waals surface area contributed by atoms with Gasteiger partial charge in [-0.25, -0.2) is 19.9 Å². The molecule has 0 N–H and O–H groups in total. The van der Waals surface area contributed by atoms with Crippen LogP contribution in [0.15, 0.2) is 180 Å². The van der Waals surface area contributed by atoms with Crippen molar-refractivity contribution in [3.8, 4) is 67.5 Å². The summed E-state index contributed by atoms with van der Waals surface area (Å²) in [7, 11) is 0. The van der Waals surface area contributed by atoms with Crippen molar-refractivity contribution in [3.63, 3.8) is 0 Å². The Morgan fingerprint density at radius 3 is 1.40 bits per heavy atom. The van der Waals surface area contributed by atoms with Crippen molar-refractivity contribution in [2.75, 3.05) is 0 Å². The SMILES string of the molecule is c1ccc(-c2ccc(-c3nc(-c4ccccc4)nc(-c4ccc(-c5ccc(-c6c7ncccc7nc7oc8ccccc8c67)cc5)cc4)n3)cc2)cc1. The van der Waals surface area contributed by atoms with Gasteiger partial charge in [0.25, 0.3) is 0 Å². The summed E-state index contributed by atoms with van der Waals surface area (Å²) in [6.07, 6.45) is 1.82. The van der Waals surface area contributed by atoms with Gasteiger partial charge in [-0.15, -0.1) is 0 Å². The quantitative estimate of drug-likeness (QED) is 0.174. The molecule has 0 saturated carbocycles. The second-order valence-corrected chi connectivity index (χ2v) is 12.9. The summed E-state index contributed by atoms with van der Waals surface area (Å²) in [5.74, 6) is 1.89. The standard InChI is InChI=1S/C47H29N5O/c1-3-10-30(11-4-1)31-19-25-36(26-20-31)45-50-44(35-12-5-2-6-13-35)51-46(52-45)37-27-21-33(22-28-37)32-17-23-34(24-18-32)41-42-38-14-7-8-16-40(38)53-47(42)49-39-15-9-29-48-43(39)41/h1-29H. The number of nitrogens with zero attached hydrogens (tertiary/aromatic N) is 5. The molecular formula is C47H29N5O. The van der Waals surface area contributed by atoms with Crippen molar-refractivity contribution >= 4 is 33.1 Å². The first-order valence-electron chi connectivity index (χ1n) is 17.5. The summed E-state index contributed by atoms with van der Waals surface area (Å²) in [5.41, 5.74) is 12.4. The summed E-state index contributed by atoms with van der Waals surface area (Å²) < 4.78 is 6.20. The summed E-state index contributed by atoms with van der Waals surface area (Å²) >= 11 is 0. The highest BCUT2D eigenvalue weighted by Crippen LogP contribution is 2.40. The highest BCUT2D eigenvalue weighted by atomic mass is 16.3. The van der Waals surface area contributed by atoms with Crippen molar-refractivity contribution in [1.29, 1.82) is 0 Å². The van der Waals surface area contributed by atoms with E-state index in [1.165, 1.54) is 5.56 Å². The molecule has 0 amide bonds. The molecule has 0 radical (unpaired) electrons. The smallest absolute Gasteiger partial charge is 0.228 e. The lowest BCUT2D eigenvalue weighted by molar-refractivity contribution is 0.656. The Labute approximate surface area is 305 Å². The van der Waals surface area contributed by atoms with Crippen LogP contribution in [0.1, 0.15) is 0 Å². The van der Waals surface area contributed by atoms with Gasteiger partial charge in [0, 0.05) is 33.8 Å². The lowest BCUT2D eigenvalue weighted by Crippen LogP contribution is -2.00. The molecule has 0 fully saturated rings. The van der Waals surface area contributed by atoms with E-state index >= 15 is 0 Å². The van der Waals surface area contributed by atoms with Crippen LogP contribution in [0.2, 0.25) is 0 Å². The van der Waals surface area contributed by atoms with Gasteiger partial charge in [-0.3, -0.25) is 4.98 Å². The summed E-state index contributed by atoms with van der Waals surface area (Å²) in [6, 6.07) is 57.8. The maximum absolute atomic E-state index is 6.20. The molecule has 4 aromatic heterocycles. The highest BCUT2D eigenvalue weighted by Gasteiger charge is 2.19. The molecule has 0 atom stereocenters. The third-order valence-corrected chi connectivity index (χ3v) is 9.64. The highest BCUT2D eigenvalue weighted by molar-refractivity contribution is 6.17. The van der Waals surface area contributed by atoms with E-state index in [4.69, 9.17) is 29.3 Å². The van der Waals surface area contributed by atoms with E-state index in [9.17, 15) is 0 Å². The van der Waals surface area contributed by atoms with Crippen molar-refractivity contribution < 1.29 is 4.42 Å². The van der Waals surface area contributed by atoms with E-state index in [0.717, 1.165) is 71.9 Å². The third kappa shape index (κ3) is 5.59. The largest absolute Gasteiger partial charge is 0.438 e. The van der Waals surface area contributed by atoms with Gasteiger partial charge in [0.05, 0.1) is 16.4 Å². The van der Waals surface area contributed by atoms with Crippen LogP contribution in [-0.2, 0) is 0 Å². The van der Waals surface area contributed by atoms with Gasteiger partial charge in [-0.05, 0) is 46.0 Å². The van der Waals surface area contributed by atoms with E-state index in [2.05, 4.69) is 103 Å². The van der Waals surface area contributed by atoms with Crippen LogP contribution < -0.4 is 0 Å². The molecule has 0 aliphatic heterocycles. The maximum Gasteiger partial charge on any atom is 0.228 e. The van der Waals surface area contributed by atoms with E-state index in [0.29, 0.717) is 23.2 Å². The number of benzene rings is 6. The van der Waals surface area contributed by atoms with Crippen LogP contribution in [-0.4, -0.2) is 24.9 Å². The molecule has 6 nitrogen and oxygen atoms in total. The number of hydrogen-bond acceptors (Lipinski definition) is 6. The monoisotopic (exact) mass is 679 g/mol. The summed E-state index contributed by atoms with van der Waals surface area (Å²) in [6.45, 7) is 0. The number of pyridine rings is 2. The molecule has 53 heavy (non-hydrogen) atoms. The van der Waals surface area contributed by atoms with Crippen LogP contribution in [0.4, 0.5) is 0 Å². The average molecular weight is 680 g/mol. The Hall–Kier alpha value is -7.31. The summed E-state index contributed by atoms with van der Waals surface area (Å²) in [5, 5.41) is 2.00. The van der Waals surface area contributed by atoms with Crippen molar-refractivity contribution in [3.05, 3.63) is 176 Å². The topological polar surface area (TPSA) is 77.6 Å². The van der Waals surface area contributed by atoms with E-state index in [-0.39, 0.29) is 0 Å². The minimum absolute atomic E-state index is 0.613. The van der Waals surface area contributed by atoms with Crippen LogP contribution >= 0.6 is 0 Å². The molecule has 6 aromatic carbocycles. The van der Waals surface area contributed by atoms with Crippen LogP contribution in [0.25, 0.3) is 101 Å². The molecule has 6 heteroatoms. The first-order chi connectivity index (χ1) is 26.2. The van der Waals surface area contributed by atoms with Crippen molar-refractivity contribution in [2.24, 2.45) is 0 Å². The number of hydrogen-bond donors (Lipinski definition) is 0. The van der Waals surface area contributed by atoms with Gasteiger partial charge < -0.3 is 4.42 Å². The Kier molecular flexibility index (Phi) is 7.36. The van der Waals surface area contributed by atoms with Gasteiger partial charge >= 0.3 is 0 Å². The molecule has 10 aromatic rings. The molecular weight excluding hydrogens is 651 g/mol. The molecule has 10 rings (SSSR count). The molecule has 0 bridgehead atoms. The fourth-order valence-corrected chi connectivity index (χ4v) is 6.98. The molecule has 0 spiro atoms. The zero-order valence-electron chi connectivity index (χ0n) is 28.4. The van der Waals surface area contributed by atoms with E-state index in [1.807, 2.05) is 72.9 Å². The lowest BCUT2D eigenvalue weighted by Gasteiger charge is -2.11. The number of fused-ring (bicyclic) bond motifs is 4. The Morgan fingerprint density at radius 1 is 0.358 bits per heavy atom. The van der Waals surface area contributed by atoms with Crippen LogP contribution in [0, 0.1) is 0 Å². The second-order valence-electron chi connectivity index (χ2n) is 12.9. The first-order valence-corrected chi connectivity index (χ1v) is 17.5. The van der Waals surface area contributed by atoms with E-state index in [1.54, 1.807) is 0 Å². The van der Waals surface area contributed by atoms with Crippen LogP contribution in [0.5, 0.6) is 0 Å². The van der Waals surface area contributed by atoms with Gasteiger partial charge in [-0.1, -0.05) is 152 Å². The molecule has 248 valence electrons. The fraction of sp³-hybridized carbons (Fsp3) is 0. The molecule has 0 saturated heterocycles. The number of rotatable bonds is 6. The zero-order chi connectivity index (χ0) is 35.1. The molecule has 0 aliphatic rings. The Morgan fingerprint density at radius 2 is 0.811 bits per heavy atom. The van der Waals surface area contributed by atoms with Crippen molar-refractivity contribution in [1.82, 2.24) is 24.9 Å². The molecule has 4 heterocycles. The van der Waals surface area contributed by atoms with Gasteiger partial charge in [0.1, 0.15) is 5.58 Å². The first kappa shape index (κ1) is 30.5. The summed E-state index contributed by atoms with van der Waals surface area (Å²) in [4.78, 5) is 24.4. The second kappa shape index (κ2) is 12.8. The van der Waals surface area contributed by atoms with E-state index < -0.39 is 0 Å². The zero-order valence-corrected chi connectivity index (χ0v) is 28.4. The number of aromatic nitrogens is 5. The molecule has 0 unspecified atom stereocenters. The fourth-order valence-electron chi connectivity index (χ4n) is 6.98. The molecule has 0 aliphatic carbocycles. The average Bonchev–Trinajstić information content (AvgIpc) is 3.61. The number of para-hydroxylation sites is 1. The Bertz CT molecular complexity index is 2900. The normalized spacial score (nSPS) is 11.4. The minimum Gasteiger partial charge on any atom is -0.438 e. The number of furan rings is 1. The predicted octanol–water partition coefficient (Wildman–Crippen LogP) is 11.7. The van der Waals surface area contributed by atoms with Crippen molar-refractivity contribution in [2.45, 2.75) is 0 Å².